The van der Waals surface area contributed by atoms with E-state index in [0.29, 0.717) is 17.9 Å². The molecule has 2 aliphatic rings. The van der Waals surface area contributed by atoms with Gasteiger partial charge in [-0.25, -0.2) is 0 Å². The van der Waals surface area contributed by atoms with Crippen LogP contribution in [0, 0.1) is 18.3 Å². The minimum atomic E-state index is -0.461. The van der Waals surface area contributed by atoms with E-state index in [0.717, 1.165) is 57.2 Å². The number of nitrogens with two attached hydrogens (primary N) is 1. The normalized spacial score (nSPS) is 19.4. The predicted molar refractivity (Wildman–Crippen MR) is 109 cm³/mol. The van der Waals surface area contributed by atoms with Crippen LogP contribution in [0.3, 0.4) is 0 Å². The third-order valence-electron chi connectivity index (χ3n) is 5.92. The molecule has 1 aromatic rings. The van der Waals surface area contributed by atoms with Crippen molar-refractivity contribution in [2.75, 3.05) is 39.4 Å². The van der Waals surface area contributed by atoms with Crippen molar-refractivity contribution in [3.8, 4) is 0 Å². The third kappa shape index (κ3) is 6.31. The van der Waals surface area contributed by atoms with Gasteiger partial charge in [0.1, 0.15) is 0 Å². The Bertz CT molecular complexity index is 650. The maximum absolute atomic E-state index is 12.2. The summed E-state index contributed by atoms with van der Waals surface area (Å²) in [5.74, 6) is 0.782. The zero-order valence-corrected chi connectivity index (χ0v) is 16.6. The number of amides is 2. The molecule has 153 valence electrons. The van der Waals surface area contributed by atoms with Crippen molar-refractivity contribution < 1.29 is 14.3 Å². The predicted octanol–water partition coefficient (Wildman–Crippen LogP) is 1.79. The summed E-state index contributed by atoms with van der Waals surface area (Å²) in [6, 6.07) is 7.15. The van der Waals surface area contributed by atoms with Crippen LogP contribution >= 0.6 is 0 Å². The molecule has 0 aromatic heterocycles. The van der Waals surface area contributed by atoms with Crippen molar-refractivity contribution in [1.82, 2.24) is 10.2 Å². The minimum Gasteiger partial charge on any atom is -0.381 e. The molecule has 0 atom stereocenters. The van der Waals surface area contributed by atoms with Gasteiger partial charge in [0.05, 0.1) is 6.42 Å². The van der Waals surface area contributed by atoms with Crippen LogP contribution in [-0.4, -0.2) is 56.1 Å². The Morgan fingerprint density at radius 2 is 1.82 bits per heavy atom. The quantitative estimate of drug-likeness (QED) is 0.713. The zero-order valence-electron chi connectivity index (χ0n) is 16.6. The second-order valence-corrected chi connectivity index (χ2v) is 7.97. The summed E-state index contributed by atoms with van der Waals surface area (Å²) in [7, 11) is 0. The lowest BCUT2D eigenvalue weighted by molar-refractivity contribution is -0.118. The van der Waals surface area contributed by atoms with Gasteiger partial charge < -0.3 is 20.7 Å². The molecule has 28 heavy (non-hydrogen) atoms. The lowest BCUT2D eigenvalue weighted by atomic mass is 9.94. The number of likely N-dealkylation sites (tertiary alicyclic amines) is 1. The number of primary amides is 1. The molecule has 2 heterocycles. The highest BCUT2D eigenvalue weighted by atomic mass is 16.5. The first-order chi connectivity index (χ1) is 13.6. The van der Waals surface area contributed by atoms with E-state index < -0.39 is 5.91 Å². The van der Waals surface area contributed by atoms with Crippen molar-refractivity contribution in [3.05, 3.63) is 41.8 Å². The Kier molecular flexibility index (Phi) is 7.86. The summed E-state index contributed by atoms with van der Waals surface area (Å²) in [5, 5.41) is 3.02. The fourth-order valence-corrected chi connectivity index (χ4v) is 4.13. The van der Waals surface area contributed by atoms with E-state index in [1.165, 1.54) is 19.4 Å². The van der Waals surface area contributed by atoms with Crippen LogP contribution in [0.25, 0.3) is 0 Å². The molecule has 0 unspecified atom stereocenters. The van der Waals surface area contributed by atoms with Gasteiger partial charge in [0.25, 0.3) is 0 Å². The molecule has 0 bridgehead atoms. The van der Waals surface area contributed by atoms with Gasteiger partial charge in [0.15, 0.2) is 0 Å². The number of rotatable bonds is 8. The van der Waals surface area contributed by atoms with Crippen molar-refractivity contribution in [1.29, 1.82) is 0 Å². The molecule has 2 amide bonds. The number of benzene rings is 1. The maximum atomic E-state index is 12.2. The standard InChI is InChI=1S/C22H32N3O3/c23-22(27)20-4-2-1-3-19(20)5-6-21(26)24-15-17-7-11-25(12-8-17)16-18-9-13-28-14-10-18/h1-4,6,17-18H,5,7-16H2,(H2,23,27)(H,24,26). The van der Waals surface area contributed by atoms with Crippen LogP contribution in [0.2, 0.25) is 0 Å². The highest BCUT2D eigenvalue weighted by molar-refractivity contribution is 5.94. The Labute approximate surface area is 167 Å². The summed E-state index contributed by atoms with van der Waals surface area (Å²) >= 11 is 0. The molecule has 3 N–H and O–H groups in total. The number of nitrogens with zero attached hydrogens (tertiary/aromatic N) is 1. The lowest BCUT2D eigenvalue weighted by Gasteiger charge is -2.35. The molecular weight excluding hydrogens is 354 g/mol. The van der Waals surface area contributed by atoms with Gasteiger partial charge in [-0.2, -0.15) is 0 Å². The van der Waals surface area contributed by atoms with Gasteiger partial charge in [-0.15, -0.1) is 0 Å². The first kappa shape index (κ1) is 20.8. The van der Waals surface area contributed by atoms with E-state index in [1.807, 2.05) is 12.1 Å². The second-order valence-electron chi connectivity index (χ2n) is 7.97. The van der Waals surface area contributed by atoms with Crippen LogP contribution < -0.4 is 11.1 Å². The monoisotopic (exact) mass is 386 g/mol. The van der Waals surface area contributed by atoms with Gasteiger partial charge in [-0.3, -0.25) is 9.59 Å². The molecule has 1 radical (unpaired) electrons. The van der Waals surface area contributed by atoms with Crippen LogP contribution in [0.1, 0.15) is 41.6 Å². The maximum Gasteiger partial charge on any atom is 0.248 e. The topological polar surface area (TPSA) is 84.7 Å². The van der Waals surface area contributed by atoms with Gasteiger partial charge in [-0.1, -0.05) is 18.2 Å². The van der Waals surface area contributed by atoms with E-state index in [4.69, 9.17) is 10.5 Å². The highest BCUT2D eigenvalue weighted by Crippen LogP contribution is 2.21. The molecule has 2 aliphatic heterocycles. The first-order valence-corrected chi connectivity index (χ1v) is 10.4. The summed E-state index contributed by atoms with van der Waals surface area (Å²) in [6.07, 6.45) is 6.65. The zero-order chi connectivity index (χ0) is 19.8. The number of ether oxygens (including phenoxy) is 1. The van der Waals surface area contributed by atoms with Crippen molar-refractivity contribution >= 4 is 11.8 Å². The summed E-state index contributed by atoms with van der Waals surface area (Å²) < 4.78 is 5.44. The van der Waals surface area contributed by atoms with Gasteiger partial charge in [0.2, 0.25) is 11.8 Å². The molecular formula is C22H32N3O3. The molecule has 1 aromatic carbocycles. The number of nitrogens with one attached hydrogen (secondary N) is 1. The number of hydrogen-bond acceptors (Lipinski definition) is 4. The largest absolute Gasteiger partial charge is 0.381 e. The smallest absolute Gasteiger partial charge is 0.248 e. The minimum absolute atomic E-state index is 0.0797. The summed E-state index contributed by atoms with van der Waals surface area (Å²) in [5.41, 5.74) is 6.64. The van der Waals surface area contributed by atoms with E-state index in [9.17, 15) is 9.59 Å². The number of carbonyl (C=O) groups excluding carboxylic acids is 2. The molecule has 0 spiro atoms. The molecule has 6 nitrogen and oxygen atoms in total. The average molecular weight is 387 g/mol. The second kappa shape index (κ2) is 10.6. The van der Waals surface area contributed by atoms with Gasteiger partial charge in [0, 0.05) is 31.9 Å². The Balaban J connectivity index is 1.33. The van der Waals surface area contributed by atoms with E-state index >= 15 is 0 Å². The fraction of sp³-hybridized carbons (Fsp3) is 0.591. The van der Waals surface area contributed by atoms with Crippen LogP contribution in [0.5, 0.6) is 0 Å². The average Bonchev–Trinajstić information content (AvgIpc) is 2.72. The third-order valence-corrected chi connectivity index (χ3v) is 5.92. The van der Waals surface area contributed by atoms with Crippen LogP contribution in [0.4, 0.5) is 0 Å². The summed E-state index contributed by atoms with van der Waals surface area (Å²) in [6.45, 7) is 5.97. The number of carbonyl (C=O) groups is 2. The molecule has 6 heteroatoms. The molecule has 0 saturated carbocycles. The molecule has 0 aliphatic carbocycles. The summed E-state index contributed by atoms with van der Waals surface area (Å²) in [4.78, 5) is 26.2. The van der Waals surface area contributed by atoms with E-state index in [2.05, 4.69) is 10.2 Å². The van der Waals surface area contributed by atoms with Gasteiger partial charge in [-0.05, 0) is 68.7 Å². The first-order valence-electron chi connectivity index (χ1n) is 10.4. The highest BCUT2D eigenvalue weighted by Gasteiger charge is 2.23. The van der Waals surface area contributed by atoms with E-state index in [-0.39, 0.29) is 5.91 Å². The Morgan fingerprint density at radius 3 is 2.54 bits per heavy atom. The van der Waals surface area contributed by atoms with E-state index in [1.54, 1.807) is 18.6 Å². The number of hydrogen-bond donors (Lipinski definition) is 2. The van der Waals surface area contributed by atoms with Crippen LogP contribution in [-0.2, 0) is 16.0 Å². The van der Waals surface area contributed by atoms with Crippen LogP contribution in [0.15, 0.2) is 24.3 Å². The van der Waals surface area contributed by atoms with Crippen molar-refractivity contribution in [2.24, 2.45) is 17.6 Å². The molecule has 3 rings (SSSR count). The van der Waals surface area contributed by atoms with Gasteiger partial charge >= 0.3 is 0 Å². The van der Waals surface area contributed by atoms with Crippen molar-refractivity contribution in [2.45, 2.75) is 32.1 Å². The lowest BCUT2D eigenvalue weighted by Crippen LogP contribution is -2.41. The van der Waals surface area contributed by atoms with Crippen molar-refractivity contribution in [3.63, 3.8) is 0 Å². The fourth-order valence-electron chi connectivity index (χ4n) is 4.13. The Morgan fingerprint density at radius 1 is 1.11 bits per heavy atom. The Hall–Kier alpha value is -1.92. The SMILES string of the molecule is NC(=O)c1ccccc1C[CH]C(=O)NCC1CCN(CC2CCOCC2)CC1. The molecule has 2 saturated heterocycles. The number of piperidine rings is 1. The molecule has 2 fully saturated rings.